The summed E-state index contributed by atoms with van der Waals surface area (Å²) in [6.45, 7) is 1.28. The van der Waals surface area contributed by atoms with Crippen LogP contribution >= 0.6 is 0 Å². The van der Waals surface area contributed by atoms with Crippen LogP contribution in [0.15, 0.2) is 54.6 Å². The number of benzene rings is 2. The molecule has 0 radical (unpaired) electrons. The maximum Gasteiger partial charge on any atom is 0.315 e. The van der Waals surface area contributed by atoms with Gasteiger partial charge in [-0.1, -0.05) is 36.4 Å². The Labute approximate surface area is 152 Å². The van der Waals surface area contributed by atoms with Crippen molar-refractivity contribution in [1.82, 2.24) is 15.5 Å². The SMILES string of the molecule is O=C(NCc1ccccc1F)NC1CCCN(C(=O)c2ccccc2)C1. The number of urea groups is 1. The predicted molar refractivity (Wildman–Crippen MR) is 97.1 cm³/mol. The summed E-state index contributed by atoms with van der Waals surface area (Å²) < 4.78 is 13.6. The van der Waals surface area contributed by atoms with Gasteiger partial charge in [-0.25, -0.2) is 9.18 Å². The number of piperidine rings is 1. The van der Waals surface area contributed by atoms with Crippen LogP contribution in [0.2, 0.25) is 0 Å². The number of hydrogen-bond donors (Lipinski definition) is 2. The zero-order valence-corrected chi connectivity index (χ0v) is 14.5. The summed E-state index contributed by atoms with van der Waals surface area (Å²) in [5, 5.41) is 5.55. The van der Waals surface area contributed by atoms with Gasteiger partial charge in [0, 0.05) is 36.8 Å². The summed E-state index contributed by atoms with van der Waals surface area (Å²) in [5.41, 5.74) is 1.09. The van der Waals surface area contributed by atoms with Crippen LogP contribution in [0.3, 0.4) is 0 Å². The number of carbonyl (C=O) groups is 2. The molecule has 2 N–H and O–H groups in total. The highest BCUT2D eigenvalue weighted by Crippen LogP contribution is 2.14. The summed E-state index contributed by atoms with van der Waals surface area (Å²) in [6, 6.07) is 15.0. The fourth-order valence-electron chi connectivity index (χ4n) is 3.10. The van der Waals surface area contributed by atoms with Crippen molar-refractivity contribution in [3.63, 3.8) is 0 Å². The lowest BCUT2D eigenvalue weighted by Crippen LogP contribution is -2.51. The van der Waals surface area contributed by atoms with E-state index in [1.807, 2.05) is 18.2 Å². The Hall–Kier alpha value is -2.89. The minimum atomic E-state index is -0.354. The summed E-state index contributed by atoms with van der Waals surface area (Å²) in [5.74, 6) is -0.367. The molecular weight excluding hydrogens is 333 g/mol. The van der Waals surface area contributed by atoms with Crippen molar-refractivity contribution >= 4 is 11.9 Å². The van der Waals surface area contributed by atoms with Gasteiger partial charge in [-0.05, 0) is 31.0 Å². The molecule has 1 aliphatic rings. The first-order valence-electron chi connectivity index (χ1n) is 8.75. The largest absolute Gasteiger partial charge is 0.337 e. The summed E-state index contributed by atoms with van der Waals surface area (Å²) in [7, 11) is 0. The maximum absolute atomic E-state index is 13.6. The molecule has 136 valence electrons. The standard InChI is InChI=1S/C20H22FN3O2/c21-18-11-5-4-9-16(18)13-22-20(26)23-17-10-6-12-24(14-17)19(25)15-7-2-1-3-8-15/h1-5,7-9,11,17H,6,10,12-14H2,(H2,22,23,26). The van der Waals surface area contributed by atoms with Gasteiger partial charge < -0.3 is 15.5 Å². The first kappa shape index (κ1) is 17.9. The number of likely N-dealkylation sites (tertiary alicyclic amines) is 1. The fourth-order valence-corrected chi connectivity index (χ4v) is 3.10. The van der Waals surface area contributed by atoms with Gasteiger partial charge in [-0.3, -0.25) is 4.79 Å². The lowest BCUT2D eigenvalue weighted by Gasteiger charge is -2.33. The van der Waals surface area contributed by atoms with Crippen molar-refractivity contribution in [3.8, 4) is 0 Å². The lowest BCUT2D eigenvalue weighted by molar-refractivity contribution is 0.0697. The molecule has 6 heteroatoms. The molecular formula is C20H22FN3O2. The van der Waals surface area contributed by atoms with E-state index in [2.05, 4.69) is 10.6 Å². The number of amides is 3. The molecule has 5 nitrogen and oxygen atoms in total. The second-order valence-corrected chi connectivity index (χ2v) is 6.37. The molecule has 1 fully saturated rings. The van der Waals surface area contributed by atoms with Crippen LogP contribution < -0.4 is 10.6 Å². The van der Waals surface area contributed by atoms with Gasteiger partial charge in [-0.15, -0.1) is 0 Å². The minimum Gasteiger partial charge on any atom is -0.337 e. The van der Waals surface area contributed by atoms with Crippen LogP contribution in [0.25, 0.3) is 0 Å². The molecule has 3 rings (SSSR count). The van der Waals surface area contributed by atoms with Crippen molar-refractivity contribution in [2.75, 3.05) is 13.1 Å². The third-order valence-corrected chi connectivity index (χ3v) is 4.46. The molecule has 2 aromatic carbocycles. The molecule has 0 bridgehead atoms. The Bertz CT molecular complexity index is 767. The van der Waals surface area contributed by atoms with Crippen LogP contribution in [0.5, 0.6) is 0 Å². The Morgan fingerprint density at radius 2 is 1.81 bits per heavy atom. The molecule has 26 heavy (non-hydrogen) atoms. The van der Waals surface area contributed by atoms with E-state index < -0.39 is 0 Å². The number of carbonyl (C=O) groups excluding carboxylic acids is 2. The zero-order chi connectivity index (χ0) is 18.4. The van der Waals surface area contributed by atoms with E-state index in [0.29, 0.717) is 24.2 Å². The molecule has 3 amide bonds. The molecule has 1 saturated heterocycles. The van der Waals surface area contributed by atoms with Crippen LogP contribution in [0.1, 0.15) is 28.8 Å². The fraction of sp³-hybridized carbons (Fsp3) is 0.300. The second-order valence-electron chi connectivity index (χ2n) is 6.37. The van der Waals surface area contributed by atoms with Gasteiger partial charge in [0.25, 0.3) is 5.91 Å². The van der Waals surface area contributed by atoms with E-state index in [4.69, 9.17) is 0 Å². The summed E-state index contributed by atoms with van der Waals surface area (Å²) >= 11 is 0. The number of nitrogens with zero attached hydrogens (tertiary/aromatic N) is 1. The van der Waals surface area contributed by atoms with Crippen LogP contribution in [0.4, 0.5) is 9.18 Å². The molecule has 1 aliphatic heterocycles. The highest BCUT2D eigenvalue weighted by molar-refractivity contribution is 5.94. The third kappa shape index (κ3) is 4.59. The van der Waals surface area contributed by atoms with Gasteiger partial charge in [0.05, 0.1) is 0 Å². The quantitative estimate of drug-likeness (QED) is 0.886. The summed E-state index contributed by atoms with van der Waals surface area (Å²) in [6.07, 6.45) is 1.64. The number of halogens is 1. The van der Waals surface area contributed by atoms with Gasteiger partial charge in [0.15, 0.2) is 0 Å². The van der Waals surface area contributed by atoms with Crippen molar-refractivity contribution in [1.29, 1.82) is 0 Å². The van der Waals surface area contributed by atoms with E-state index in [9.17, 15) is 14.0 Å². The Balaban J connectivity index is 1.51. The summed E-state index contributed by atoms with van der Waals surface area (Å²) in [4.78, 5) is 26.4. The van der Waals surface area contributed by atoms with Crippen molar-refractivity contribution in [2.24, 2.45) is 0 Å². The molecule has 1 unspecified atom stereocenters. The van der Waals surface area contributed by atoms with E-state index in [1.165, 1.54) is 6.07 Å². The van der Waals surface area contributed by atoms with Gasteiger partial charge in [0.2, 0.25) is 0 Å². The van der Waals surface area contributed by atoms with E-state index in [-0.39, 0.29) is 30.3 Å². The predicted octanol–water partition coefficient (Wildman–Crippen LogP) is 2.93. The molecule has 1 atom stereocenters. The van der Waals surface area contributed by atoms with Gasteiger partial charge >= 0.3 is 6.03 Å². The van der Waals surface area contributed by atoms with E-state index in [1.54, 1.807) is 35.2 Å². The lowest BCUT2D eigenvalue weighted by atomic mass is 10.0. The molecule has 1 heterocycles. The Kier molecular flexibility index (Phi) is 5.84. The average molecular weight is 355 g/mol. The van der Waals surface area contributed by atoms with Crippen LogP contribution in [0, 0.1) is 5.82 Å². The first-order valence-corrected chi connectivity index (χ1v) is 8.75. The highest BCUT2D eigenvalue weighted by atomic mass is 19.1. The maximum atomic E-state index is 13.6. The monoisotopic (exact) mass is 355 g/mol. The van der Waals surface area contributed by atoms with E-state index in [0.717, 1.165) is 12.8 Å². The molecule has 0 aromatic heterocycles. The number of nitrogens with one attached hydrogen (secondary N) is 2. The van der Waals surface area contributed by atoms with Crippen molar-refractivity contribution in [2.45, 2.75) is 25.4 Å². The smallest absolute Gasteiger partial charge is 0.315 e. The third-order valence-electron chi connectivity index (χ3n) is 4.46. The van der Waals surface area contributed by atoms with Crippen LogP contribution in [-0.2, 0) is 6.54 Å². The van der Waals surface area contributed by atoms with Gasteiger partial charge in [0.1, 0.15) is 5.82 Å². The first-order chi connectivity index (χ1) is 12.6. The Morgan fingerprint density at radius 1 is 1.08 bits per heavy atom. The average Bonchev–Trinajstić information content (AvgIpc) is 2.68. The molecule has 0 saturated carbocycles. The second kappa shape index (κ2) is 8.47. The molecule has 2 aromatic rings. The molecule has 0 spiro atoms. The normalized spacial score (nSPS) is 16.8. The Morgan fingerprint density at radius 3 is 2.58 bits per heavy atom. The minimum absolute atomic E-state index is 0.0242. The topological polar surface area (TPSA) is 61.4 Å². The number of hydrogen-bond acceptors (Lipinski definition) is 2. The number of rotatable bonds is 4. The van der Waals surface area contributed by atoms with Crippen LogP contribution in [-0.4, -0.2) is 36.0 Å². The van der Waals surface area contributed by atoms with Crippen molar-refractivity contribution in [3.05, 3.63) is 71.5 Å². The van der Waals surface area contributed by atoms with Crippen molar-refractivity contribution < 1.29 is 14.0 Å². The molecule has 0 aliphatic carbocycles. The van der Waals surface area contributed by atoms with E-state index >= 15 is 0 Å². The van der Waals surface area contributed by atoms with Gasteiger partial charge in [-0.2, -0.15) is 0 Å². The zero-order valence-electron chi connectivity index (χ0n) is 14.5. The highest BCUT2D eigenvalue weighted by Gasteiger charge is 2.25.